The van der Waals surface area contributed by atoms with Gasteiger partial charge in [0, 0.05) is 11.8 Å². The van der Waals surface area contributed by atoms with Gasteiger partial charge in [-0.3, -0.25) is 0 Å². The van der Waals surface area contributed by atoms with Gasteiger partial charge in [0.2, 0.25) is 0 Å². The van der Waals surface area contributed by atoms with Crippen LogP contribution in [0.4, 0.5) is 0 Å². The predicted molar refractivity (Wildman–Crippen MR) is 38.8 cm³/mol. The molecule has 0 amide bonds. The molecule has 0 aliphatic carbocycles. The van der Waals surface area contributed by atoms with E-state index < -0.39 is 0 Å². The van der Waals surface area contributed by atoms with Crippen molar-refractivity contribution in [1.29, 1.82) is 0 Å². The average Bonchev–Trinajstić information content (AvgIpc) is 2.20. The largest absolute Gasteiger partial charge is 0.313 e. The van der Waals surface area contributed by atoms with Crippen molar-refractivity contribution in [3.63, 3.8) is 0 Å². The van der Waals surface area contributed by atoms with E-state index in [0.29, 0.717) is 12.4 Å². The third-order valence-corrected chi connectivity index (χ3v) is 1.60. The molecule has 0 unspecified atom stereocenters. The fraction of sp³-hybridized carbons (Fsp3) is 0.600. The van der Waals surface area contributed by atoms with Crippen molar-refractivity contribution in [2.24, 2.45) is 0 Å². The van der Waals surface area contributed by atoms with E-state index in [1.54, 1.807) is 6.92 Å². The van der Waals surface area contributed by atoms with E-state index in [1.807, 2.05) is 7.05 Å². The van der Waals surface area contributed by atoms with E-state index >= 15 is 0 Å². The molecule has 4 nitrogen and oxygen atoms in total. The summed E-state index contributed by atoms with van der Waals surface area (Å²) in [7, 11) is 1.83. The maximum absolute atomic E-state index is 5.74. The normalized spacial score (nSPS) is 10.3. The van der Waals surface area contributed by atoms with Crippen molar-refractivity contribution in [3.05, 3.63) is 11.6 Å². The van der Waals surface area contributed by atoms with Crippen LogP contribution in [0.2, 0.25) is 0 Å². The van der Waals surface area contributed by atoms with Crippen LogP contribution < -0.4 is 5.32 Å². The van der Waals surface area contributed by atoms with Crippen LogP contribution in [-0.4, -0.2) is 21.3 Å². The molecule has 1 rings (SSSR count). The Labute approximate surface area is 64.3 Å². The summed E-state index contributed by atoms with van der Waals surface area (Å²) in [6.07, 6.45) is 0. The van der Waals surface area contributed by atoms with Crippen molar-refractivity contribution in [3.8, 4) is 0 Å². The van der Waals surface area contributed by atoms with E-state index in [1.165, 1.54) is 4.09 Å². The zero-order valence-corrected chi connectivity index (χ0v) is 6.68. The molecule has 0 fully saturated rings. The van der Waals surface area contributed by atoms with Crippen molar-refractivity contribution in [2.45, 2.75) is 13.5 Å². The number of rotatable bonds is 2. The van der Waals surface area contributed by atoms with Gasteiger partial charge in [0.15, 0.2) is 5.82 Å². The number of nitrogens with one attached hydrogen (secondary N) is 1. The van der Waals surface area contributed by atoms with E-state index in [2.05, 4.69) is 15.5 Å². The summed E-state index contributed by atoms with van der Waals surface area (Å²) in [6.45, 7) is 2.45. The number of aryl methyl sites for hydroxylation is 1. The first-order valence-corrected chi connectivity index (χ1v) is 3.31. The molecule has 0 spiro atoms. The predicted octanol–water partition coefficient (Wildman–Crippen LogP) is 0.308. The molecule has 5 heteroatoms. The lowest BCUT2D eigenvalue weighted by Crippen LogP contribution is -2.08. The molecule has 0 saturated carbocycles. The summed E-state index contributed by atoms with van der Waals surface area (Å²) in [5.74, 6) is 1.45. The van der Waals surface area contributed by atoms with Gasteiger partial charge < -0.3 is 5.32 Å². The smallest absolute Gasteiger partial charge is 0.161 e. The Kier molecular flexibility index (Phi) is 2.24. The fourth-order valence-electron chi connectivity index (χ4n) is 0.658. The highest BCUT2D eigenvalue weighted by Crippen LogP contribution is 2.01. The summed E-state index contributed by atoms with van der Waals surface area (Å²) < 4.78 is 1.44. The first-order valence-electron chi connectivity index (χ1n) is 2.97. The Bertz CT molecular complexity index is 219. The molecule has 0 aliphatic heterocycles. The molecule has 1 N–H and O–H groups in total. The van der Waals surface area contributed by atoms with E-state index in [0.717, 1.165) is 5.82 Å². The summed E-state index contributed by atoms with van der Waals surface area (Å²) in [6, 6.07) is 0. The average molecular weight is 161 g/mol. The SMILES string of the molecule is CNCc1nnc(C)n1Cl. The zero-order chi connectivity index (χ0) is 7.56. The highest BCUT2D eigenvalue weighted by molar-refractivity contribution is 6.15. The molecule has 1 aromatic rings. The minimum atomic E-state index is 0.643. The minimum absolute atomic E-state index is 0.643. The van der Waals surface area contributed by atoms with Crippen molar-refractivity contribution in [1.82, 2.24) is 19.6 Å². The van der Waals surface area contributed by atoms with Gasteiger partial charge in [-0.15, -0.1) is 10.2 Å². The maximum Gasteiger partial charge on any atom is 0.161 e. The van der Waals surface area contributed by atoms with Crippen LogP contribution in [0.5, 0.6) is 0 Å². The first kappa shape index (κ1) is 7.50. The van der Waals surface area contributed by atoms with Crippen molar-refractivity contribution < 1.29 is 0 Å². The molecular weight excluding hydrogens is 152 g/mol. The summed E-state index contributed by atoms with van der Waals surface area (Å²) in [4.78, 5) is 0. The molecule has 0 bridgehead atoms. The third-order valence-electron chi connectivity index (χ3n) is 1.16. The van der Waals surface area contributed by atoms with Crippen LogP contribution >= 0.6 is 11.8 Å². The Morgan fingerprint density at radius 2 is 2.30 bits per heavy atom. The molecule has 0 radical (unpaired) electrons. The van der Waals surface area contributed by atoms with Crippen LogP contribution in [0.3, 0.4) is 0 Å². The first-order chi connectivity index (χ1) is 4.75. The number of hydrogen-bond acceptors (Lipinski definition) is 3. The van der Waals surface area contributed by atoms with Crippen molar-refractivity contribution >= 4 is 11.8 Å². The van der Waals surface area contributed by atoms with Crippen LogP contribution in [-0.2, 0) is 6.54 Å². The maximum atomic E-state index is 5.74. The van der Waals surface area contributed by atoms with Gasteiger partial charge in [-0.1, -0.05) is 0 Å². The quantitative estimate of drug-likeness (QED) is 0.677. The van der Waals surface area contributed by atoms with Crippen LogP contribution in [0, 0.1) is 6.92 Å². The van der Waals surface area contributed by atoms with Gasteiger partial charge in [0.25, 0.3) is 0 Å². The molecule has 0 saturated heterocycles. The van der Waals surface area contributed by atoms with E-state index in [4.69, 9.17) is 11.8 Å². The van der Waals surface area contributed by atoms with Gasteiger partial charge in [-0.05, 0) is 14.0 Å². The van der Waals surface area contributed by atoms with Gasteiger partial charge >= 0.3 is 0 Å². The summed E-state index contributed by atoms with van der Waals surface area (Å²) in [5.41, 5.74) is 0. The van der Waals surface area contributed by atoms with Crippen LogP contribution in [0.15, 0.2) is 0 Å². The molecule has 0 aliphatic rings. The van der Waals surface area contributed by atoms with Gasteiger partial charge in [-0.25, -0.2) is 4.09 Å². The molecule has 1 aromatic heterocycles. The number of nitrogens with zero attached hydrogens (tertiary/aromatic N) is 3. The monoisotopic (exact) mass is 160 g/mol. The lowest BCUT2D eigenvalue weighted by atomic mass is 10.6. The van der Waals surface area contributed by atoms with Gasteiger partial charge in [0.05, 0.1) is 6.54 Å². The Morgan fingerprint density at radius 1 is 1.60 bits per heavy atom. The van der Waals surface area contributed by atoms with E-state index in [9.17, 15) is 0 Å². The minimum Gasteiger partial charge on any atom is -0.313 e. The summed E-state index contributed by atoms with van der Waals surface area (Å²) in [5, 5.41) is 10.5. The molecular formula is C5H9ClN4. The lowest BCUT2D eigenvalue weighted by molar-refractivity contribution is 0.752. The van der Waals surface area contributed by atoms with Crippen LogP contribution in [0.25, 0.3) is 0 Å². The second-order valence-corrected chi connectivity index (χ2v) is 2.31. The van der Waals surface area contributed by atoms with Crippen molar-refractivity contribution in [2.75, 3.05) is 7.05 Å². The standard InChI is InChI=1S/C5H9ClN4/c1-4-8-9-5(3-7-2)10(4)6/h7H,3H2,1-2H3. The summed E-state index contributed by atoms with van der Waals surface area (Å²) >= 11 is 5.74. The molecule has 0 atom stereocenters. The number of halogens is 1. The molecule has 0 aromatic carbocycles. The highest BCUT2D eigenvalue weighted by atomic mass is 35.5. The fourth-order valence-corrected chi connectivity index (χ4v) is 0.786. The van der Waals surface area contributed by atoms with Gasteiger partial charge in [-0.2, -0.15) is 0 Å². The lowest BCUT2D eigenvalue weighted by Gasteiger charge is -1.95. The molecule has 10 heavy (non-hydrogen) atoms. The number of hydrogen-bond donors (Lipinski definition) is 1. The van der Waals surface area contributed by atoms with Gasteiger partial charge in [0.1, 0.15) is 5.82 Å². The third kappa shape index (κ3) is 1.27. The molecule has 1 heterocycles. The number of aromatic nitrogens is 3. The van der Waals surface area contributed by atoms with Crippen LogP contribution in [0.1, 0.15) is 11.6 Å². The Balaban J connectivity index is 2.83. The zero-order valence-electron chi connectivity index (χ0n) is 5.93. The van der Waals surface area contributed by atoms with E-state index in [-0.39, 0.29) is 0 Å². The second-order valence-electron chi connectivity index (χ2n) is 1.97. The Morgan fingerprint density at radius 3 is 2.70 bits per heavy atom. The Hall–Kier alpha value is -0.610. The highest BCUT2D eigenvalue weighted by Gasteiger charge is 2.03. The topological polar surface area (TPSA) is 42.7 Å². The molecule has 56 valence electrons. The second kappa shape index (κ2) is 2.98.